The number of aromatic nitrogens is 2. The summed E-state index contributed by atoms with van der Waals surface area (Å²) in [5.41, 5.74) is 2.14. The Morgan fingerprint density at radius 3 is 2.71 bits per heavy atom. The number of benzene rings is 1. The molecule has 0 bridgehead atoms. The van der Waals surface area contributed by atoms with E-state index in [1.165, 1.54) is 0 Å². The van der Waals surface area contributed by atoms with Gasteiger partial charge in [-0.15, -0.1) is 0 Å². The van der Waals surface area contributed by atoms with E-state index in [9.17, 15) is 4.79 Å². The number of morpholine rings is 1. The number of anilines is 1. The number of nitriles is 1. The molecule has 1 amide bonds. The molecular formula is C15H14N4O2. The largest absolute Gasteiger partial charge is 0.370 e. The molecule has 6 heteroatoms. The van der Waals surface area contributed by atoms with Crippen molar-refractivity contribution in [3.63, 3.8) is 0 Å². The molecule has 1 aliphatic rings. The Morgan fingerprint density at radius 1 is 1.33 bits per heavy atom. The monoisotopic (exact) mass is 282 g/mol. The van der Waals surface area contributed by atoms with E-state index >= 15 is 0 Å². The van der Waals surface area contributed by atoms with Crippen LogP contribution < -0.4 is 4.90 Å². The molecule has 2 heterocycles. The van der Waals surface area contributed by atoms with Crippen molar-refractivity contribution < 1.29 is 9.53 Å². The number of nitrogens with zero attached hydrogens (tertiary/aromatic N) is 4. The number of carbonyl (C=O) groups is 1. The SMILES string of the molecule is Cn1cc(C#N)nc1-c1ccc(N2CCOCC2=O)cc1. The third-order valence-corrected chi connectivity index (χ3v) is 3.41. The normalized spacial score (nSPS) is 15.0. The van der Waals surface area contributed by atoms with Crippen LogP contribution in [0.5, 0.6) is 0 Å². The van der Waals surface area contributed by atoms with Crippen molar-refractivity contribution in [1.29, 1.82) is 5.26 Å². The summed E-state index contributed by atoms with van der Waals surface area (Å²) in [6.07, 6.45) is 1.69. The topological polar surface area (TPSA) is 71.2 Å². The van der Waals surface area contributed by atoms with Crippen molar-refractivity contribution in [2.45, 2.75) is 0 Å². The average molecular weight is 282 g/mol. The van der Waals surface area contributed by atoms with Crippen molar-refractivity contribution in [3.8, 4) is 17.5 Å². The van der Waals surface area contributed by atoms with Crippen molar-refractivity contribution in [2.75, 3.05) is 24.7 Å². The minimum atomic E-state index is -0.0299. The number of hydrogen-bond donors (Lipinski definition) is 0. The van der Waals surface area contributed by atoms with Crippen LogP contribution in [0, 0.1) is 11.3 Å². The van der Waals surface area contributed by atoms with E-state index in [4.69, 9.17) is 10.00 Å². The second-order valence-corrected chi connectivity index (χ2v) is 4.82. The molecule has 1 fully saturated rings. The fourth-order valence-corrected chi connectivity index (χ4v) is 2.37. The molecule has 21 heavy (non-hydrogen) atoms. The van der Waals surface area contributed by atoms with Gasteiger partial charge in [-0.2, -0.15) is 5.26 Å². The predicted octanol–water partition coefficient (Wildman–Crippen LogP) is 1.32. The summed E-state index contributed by atoms with van der Waals surface area (Å²) in [6, 6.07) is 9.61. The second-order valence-electron chi connectivity index (χ2n) is 4.82. The van der Waals surface area contributed by atoms with Crippen LogP contribution >= 0.6 is 0 Å². The van der Waals surface area contributed by atoms with Gasteiger partial charge < -0.3 is 14.2 Å². The summed E-state index contributed by atoms with van der Waals surface area (Å²) in [5.74, 6) is 0.698. The third-order valence-electron chi connectivity index (χ3n) is 3.41. The number of rotatable bonds is 2. The molecule has 0 N–H and O–H groups in total. The van der Waals surface area contributed by atoms with Crippen molar-refractivity contribution in [2.24, 2.45) is 7.05 Å². The molecule has 0 aliphatic carbocycles. The van der Waals surface area contributed by atoms with E-state index in [2.05, 4.69) is 4.98 Å². The Bertz CT molecular complexity index is 712. The van der Waals surface area contributed by atoms with E-state index < -0.39 is 0 Å². The fourth-order valence-electron chi connectivity index (χ4n) is 2.37. The molecule has 1 aromatic heterocycles. The van der Waals surface area contributed by atoms with Gasteiger partial charge in [0.1, 0.15) is 18.5 Å². The first-order valence-corrected chi connectivity index (χ1v) is 6.61. The standard InChI is InChI=1S/C15H14N4O2/c1-18-9-12(8-16)17-15(18)11-2-4-13(5-3-11)19-6-7-21-10-14(19)20/h2-5,9H,6-7,10H2,1H3. The van der Waals surface area contributed by atoms with Gasteiger partial charge in [-0.3, -0.25) is 4.79 Å². The molecule has 0 radical (unpaired) electrons. The third kappa shape index (κ3) is 2.51. The molecule has 0 atom stereocenters. The number of ether oxygens (including phenoxy) is 1. The van der Waals surface area contributed by atoms with Gasteiger partial charge in [0.2, 0.25) is 0 Å². The summed E-state index contributed by atoms with van der Waals surface area (Å²) in [4.78, 5) is 17.8. The highest BCUT2D eigenvalue weighted by Crippen LogP contribution is 2.23. The van der Waals surface area contributed by atoms with E-state index in [-0.39, 0.29) is 12.5 Å². The Balaban J connectivity index is 1.88. The van der Waals surface area contributed by atoms with E-state index in [1.807, 2.05) is 41.9 Å². The minimum Gasteiger partial charge on any atom is -0.370 e. The van der Waals surface area contributed by atoms with Crippen LogP contribution in [0.4, 0.5) is 5.69 Å². The number of imidazole rings is 1. The molecule has 0 saturated carbocycles. The van der Waals surface area contributed by atoms with Crippen LogP contribution in [0.2, 0.25) is 0 Å². The summed E-state index contributed by atoms with van der Waals surface area (Å²) < 4.78 is 6.94. The van der Waals surface area contributed by atoms with E-state index in [0.717, 1.165) is 17.1 Å². The van der Waals surface area contributed by atoms with Crippen LogP contribution in [0.25, 0.3) is 11.4 Å². The molecule has 0 unspecified atom stereocenters. The molecule has 3 rings (SSSR count). The zero-order valence-electron chi connectivity index (χ0n) is 11.6. The van der Waals surface area contributed by atoms with E-state index in [1.54, 1.807) is 11.1 Å². The zero-order chi connectivity index (χ0) is 14.8. The maximum absolute atomic E-state index is 11.8. The van der Waals surface area contributed by atoms with Crippen LogP contribution in [-0.4, -0.2) is 35.2 Å². The lowest BCUT2D eigenvalue weighted by molar-refractivity contribution is -0.125. The van der Waals surface area contributed by atoms with Crippen LogP contribution in [-0.2, 0) is 16.6 Å². The van der Waals surface area contributed by atoms with Crippen molar-refractivity contribution in [3.05, 3.63) is 36.2 Å². The first-order valence-electron chi connectivity index (χ1n) is 6.61. The quantitative estimate of drug-likeness (QED) is 0.833. The predicted molar refractivity (Wildman–Crippen MR) is 76.5 cm³/mol. The Hall–Kier alpha value is -2.65. The van der Waals surface area contributed by atoms with Crippen LogP contribution in [0.15, 0.2) is 30.5 Å². The lowest BCUT2D eigenvalue weighted by Gasteiger charge is -2.26. The Labute approximate surface area is 122 Å². The van der Waals surface area contributed by atoms with Gasteiger partial charge in [0.05, 0.1) is 6.61 Å². The van der Waals surface area contributed by atoms with Gasteiger partial charge >= 0.3 is 0 Å². The maximum Gasteiger partial charge on any atom is 0.253 e. The smallest absolute Gasteiger partial charge is 0.253 e. The van der Waals surface area contributed by atoms with Crippen molar-refractivity contribution >= 4 is 11.6 Å². The summed E-state index contributed by atoms with van der Waals surface area (Å²) in [7, 11) is 1.85. The lowest BCUT2D eigenvalue weighted by atomic mass is 10.1. The van der Waals surface area contributed by atoms with Gasteiger partial charge in [0, 0.05) is 31.0 Å². The van der Waals surface area contributed by atoms with Gasteiger partial charge in [0.25, 0.3) is 5.91 Å². The van der Waals surface area contributed by atoms with Crippen molar-refractivity contribution in [1.82, 2.24) is 9.55 Å². The molecular weight excluding hydrogens is 268 g/mol. The Morgan fingerprint density at radius 2 is 2.10 bits per heavy atom. The zero-order valence-corrected chi connectivity index (χ0v) is 11.6. The van der Waals surface area contributed by atoms with Gasteiger partial charge in [-0.25, -0.2) is 4.98 Å². The second kappa shape index (κ2) is 5.38. The maximum atomic E-state index is 11.8. The number of hydrogen-bond acceptors (Lipinski definition) is 4. The first kappa shape index (κ1) is 13.3. The summed E-state index contributed by atoms with van der Waals surface area (Å²) in [6.45, 7) is 1.25. The molecule has 6 nitrogen and oxygen atoms in total. The number of amides is 1. The average Bonchev–Trinajstić information content (AvgIpc) is 2.89. The highest BCUT2D eigenvalue weighted by molar-refractivity contribution is 5.95. The minimum absolute atomic E-state index is 0.0299. The molecule has 2 aromatic rings. The van der Waals surface area contributed by atoms with Crippen LogP contribution in [0.1, 0.15) is 5.69 Å². The lowest BCUT2D eigenvalue weighted by Crippen LogP contribution is -2.41. The Kier molecular flexibility index (Phi) is 3.42. The summed E-state index contributed by atoms with van der Waals surface area (Å²) in [5, 5.41) is 8.88. The first-order chi connectivity index (χ1) is 10.2. The molecule has 1 aliphatic heterocycles. The van der Waals surface area contributed by atoms with Gasteiger partial charge in [0.15, 0.2) is 5.69 Å². The number of carbonyl (C=O) groups excluding carboxylic acids is 1. The molecule has 106 valence electrons. The number of aryl methyl sites for hydroxylation is 1. The fraction of sp³-hybridized carbons (Fsp3) is 0.267. The highest BCUT2D eigenvalue weighted by atomic mass is 16.5. The highest BCUT2D eigenvalue weighted by Gasteiger charge is 2.20. The molecule has 1 aromatic carbocycles. The molecule has 0 spiro atoms. The van der Waals surface area contributed by atoms with Gasteiger partial charge in [-0.1, -0.05) is 0 Å². The van der Waals surface area contributed by atoms with Gasteiger partial charge in [-0.05, 0) is 24.3 Å². The van der Waals surface area contributed by atoms with E-state index in [0.29, 0.717) is 18.8 Å². The molecule has 1 saturated heterocycles. The van der Waals surface area contributed by atoms with Crippen LogP contribution in [0.3, 0.4) is 0 Å². The summed E-state index contributed by atoms with van der Waals surface area (Å²) >= 11 is 0.